The Hall–Kier alpha value is -1.67. The first kappa shape index (κ1) is 20.1. The predicted molar refractivity (Wildman–Crippen MR) is 101 cm³/mol. The van der Waals surface area contributed by atoms with Crippen molar-refractivity contribution < 1.29 is 14.1 Å². The van der Waals surface area contributed by atoms with Crippen LogP contribution in [0.4, 0.5) is 4.79 Å². The summed E-state index contributed by atoms with van der Waals surface area (Å²) in [6.07, 6.45) is 0.833. The fourth-order valence-corrected chi connectivity index (χ4v) is 3.88. The second-order valence-electron chi connectivity index (χ2n) is 9.25. The molecule has 0 aliphatic carbocycles. The summed E-state index contributed by atoms with van der Waals surface area (Å²) in [7, 11) is 0. The van der Waals surface area contributed by atoms with Crippen LogP contribution >= 0.6 is 0 Å². The molecule has 1 amide bonds. The fourth-order valence-electron chi connectivity index (χ4n) is 3.88. The Morgan fingerprint density at radius 2 is 1.85 bits per heavy atom. The Kier molecular flexibility index (Phi) is 5.76. The third-order valence-electron chi connectivity index (χ3n) is 5.21. The molecular weight excluding hydrogens is 346 g/mol. The molecule has 0 radical (unpaired) electrons. The zero-order chi connectivity index (χ0) is 19.7. The molecule has 0 N–H and O–H groups in total. The molecule has 152 valence electrons. The first-order chi connectivity index (χ1) is 12.6. The molecule has 0 aromatic carbocycles. The van der Waals surface area contributed by atoms with E-state index in [0.717, 1.165) is 58.8 Å². The van der Waals surface area contributed by atoms with Gasteiger partial charge in [-0.15, -0.1) is 0 Å². The molecule has 27 heavy (non-hydrogen) atoms. The van der Waals surface area contributed by atoms with Crippen molar-refractivity contribution >= 4 is 6.09 Å². The molecule has 1 atom stereocenters. The number of likely N-dealkylation sites (tertiary alicyclic amines) is 1. The molecule has 1 aromatic heterocycles. The molecular formula is C19H33N5O3. The maximum absolute atomic E-state index is 12.3. The summed E-state index contributed by atoms with van der Waals surface area (Å²) >= 11 is 0. The second kappa shape index (κ2) is 7.75. The van der Waals surface area contributed by atoms with Crippen LogP contribution < -0.4 is 0 Å². The third kappa shape index (κ3) is 5.65. The van der Waals surface area contributed by atoms with Crippen molar-refractivity contribution in [2.75, 3.05) is 45.8 Å². The Bertz CT molecular complexity index is 648. The third-order valence-corrected chi connectivity index (χ3v) is 5.21. The molecule has 2 fully saturated rings. The topological polar surface area (TPSA) is 74.9 Å². The van der Waals surface area contributed by atoms with Crippen molar-refractivity contribution in [1.82, 2.24) is 24.8 Å². The van der Waals surface area contributed by atoms with E-state index in [0.29, 0.717) is 11.7 Å². The van der Waals surface area contributed by atoms with Crippen molar-refractivity contribution in [1.29, 1.82) is 0 Å². The molecule has 1 unspecified atom stereocenters. The summed E-state index contributed by atoms with van der Waals surface area (Å²) in [6.45, 7) is 17.2. The van der Waals surface area contributed by atoms with E-state index < -0.39 is 5.60 Å². The van der Waals surface area contributed by atoms with Gasteiger partial charge < -0.3 is 19.1 Å². The molecule has 3 heterocycles. The van der Waals surface area contributed by atoms with Gasteiger partial charge in [-0.05, 0) is 39.5 Å². The lowest BCUT2D eigenvalue weighted by Gasteiger charge is -2.38. The van der Waals surface area contributed by atoms with E-state index in [9.17, 15) is 4.79 Å². The molecule has 0 bridgehead atoms. The van der Waals surface area contributed by atoms with Gasteiger partial charge in [0.2, 0.25) is 5.89 Å². The van der Waals surface area contributed by atoms with Crippen LogP contribution in [0.2, 0.25) is 0 Å². The molecule has 2 saturated heterocycles. The van der Waals surface area contributed by atoms with Crippen LogP contribution in [0.1, 0.15) is 45.8 Å². The number of carbonyl (C=O) groups excluding carboxylic acids is 1. The maximum Gasteiger partial charge on any atom is 0.410 e. The number of carbonyl (C=O) groups is 1. The minimum Gasteiger partial charge on any atom is -0.444 e. The standard InChI is InChI=1S/C19H33N5O3/c1-15-20-16(27-21-15)12-22-8-10-23(11-9-22)13-19(5)6-7-24(14-19)17(25)26-18(2,3)4/h6-14H2,1-5H3. The SMILES string of the molecule is Cc1noc(CN2CCN(CC3(C)CCN(C(=O)OC(C)(C)C)C3)CC2)n1. The van der Waals surface area contributed by atoms with Crippen LogP contribution in [0.15, 0.2) is 4.52 Å². The highest BCUT2D eigenvalue weighted by Gasteiger charge is 2.39. The Labute approximate surface area is 161 Å². The number of hydrogen-bond acceptors (Lipinski definition) is 7. The van der Waals surface area contributed by atoms with Gasteiger partial charge in [0.1, 0.15) is 5.60 Å². The number of piperazine rings is 1. The monoisotopic (exact) mass is 379 g/mol. The minimum absolute atomic E-state index is 0.128. The number of ether oxygens (including phenoxy) is 1. The smallest absolute Gasteiger partial charge is 0.410 e. The van der Waals surface area contributed by atoms with Crippen molar-refractivity contribution in [3.05, 3.63) is 11.7 Å². The van der Waals surface area contributed by atoms with Gasteiger partial charge in [-0.2, -0.15) is 4.98 Å². The normalized spacial score (nSPS) is 25.1. The van der Waals surface area contributed by atoms with Crippen molar-refractivity contribution in [2.45, 2.75) is 53.2 Å². The number of hydrogen-bond donors (Lipinski definition) is 0. The van der Waals surface area contributed by atoms with Crippen LogP contribution in [0.25, 0.3) is 0 Å². The molecule has 2 aliphatic rings. The Morgan fingerprint density at radius 1 is 1.19 bits per heavy atom. The average molecular weight is 380 g/mol. The lowest BCUT2D eigenvalue weighted by atomic mass is 9.89. The number of aryl methyl sites for hydroxylation is 1. The van der Waals surface area contributed by atoms with Crippen LogP contribution in [0, 0.1) is 12.3 Å². The first-order valence-electron chi connectivity index (χ1n) is 9.84. The maximum atomic E-state index is 12.3. The molecule has 1 aromatic rings. The highest BCUT2D eigenvalue weighted by molar-refractivity contribution is 5.68. The van der Waals surface area contributed by atoms with Crippen LogP contribution in [0.3, 0.4) is 0 Å². The molecule has 0 spiro atoms. The molecule has 2 aliphatic heterocycles. The van der Waals surface area contributed by atoms with Gasteiger partial charge in [0.05, 0.1) is 6.54 Å². The van der Waals surface area contributed by atoms with Gasteiger partial charge in [0.15, 0.2) is 5.82 Å². The van der Waals surface area contributed by atoms with Crippen LogP contribution in [-0.4, -0.2) is 82.3 Å². The van der Waals surface area contributed by atoms with E-state index in [1.165, 1.54) is 0 Å². The van der Waals surface area contributed by atoms with Crippen LogP contribution in [0.5, 0.6) is 0 Å². The zero-order valence-electron chi connectivity index (χ0n) is 17.3. The van der Waals surface area contributed by atoms with E-state index in [2.05, 4.69) is 26.9 Å². The van der Waals surface area contributed by atoms with E-state index in [-0.39, 0.29) is 11.5 Å². The zero-order valence-corrected chi connectivity index (χ0v) is 17.3. The van der Waals surface area contributed by atoms with Gasteiger partial charge in [0, 0.05) is 45.8 Å². The Balaban J connectivity index is 1.44. The van der Waals surface area contributed by atoms with Gasteiger partial charge in [-0.25, -0.2) is 4.79 Å². The largest absolute Gasteiger partial charge is 0.444 e. The number of amides is 1. The summed E-state index contributed by atoms with van der Waals surface area (Å²) in [5.41, 5.74) is -0.314. The Morgan fingerprint density at radius 3 is 2.44 bits per heavy atom. The number of rotatable bonds is 4. The highest BCUT2D eigenvalue weighted by Crippen LogP contribution is 2.32. The minimum atomic E-state index is -0.441. The van der Waals surface area contributed by atoms with Crippen molar-refractivity contribution in [3.63, 3.8) is 0 Å². The second-order valence-corrected chi connectivity index (χ2v) is 9.25. The van der Waals surface area contributed by atoms with E-state index in [4.69, 9.17) is 9.26 Å². The predicted octanol–water partition coefficient (Wildman–Crippen LogP) is 2.14. The molecule has 0 saturated carbocycles. The summed E-state index contributed by atoms with van der Waals surface area (Å²) in [5.74, 6) is 1.38. The van der Waals surface area contributed by atoms with Gasteiger partial charge >= 0.3 is 6.09 Å². The fraction of sp³-hybridized carbons (Fsp3) is 0.842. The number of nitrogens with zero attached hydrogens (tertiary/aromatic N) is 5. The highest BCUT2D eigenvalue weighted by atomic mass is 16.6. The summed E-state index contributed by atoms with van der Waals surface area (Å²) in [5, 5.41) is 3.85. The van der Waals surface area contributed by atoms with Crippen LogP contribution in [-0.2, 0) is 11.3 Å². The lowest BCUT2D eigenvalue weighted by molar-refractivity contribution is 0.0258. The first-order valence-corrected chi connectivity index (χ1v) is 9.84. The van der Waals surface area contributed by atoms with E-state index >= 15 is 0 Å². The molecule has 3 rings (SSSR count). The lowest BCUT2D eigenvalue weighted by Crippen LogP contribution is -2.49. The van der Waals surface area contributed by atoms with E-state index in [1.54, 1.807) is 0 Å². The molecule has 8 nitrogen and oxygen atoms in total. The van der Waals surface area contributed by atoms with Gasteiger partial charge in [-0.1, -0.05) is 12.1 Å². The quantitative estimate of drug-likeness (QED) is 0.793. The number of aromatic nitrogens is 2. The summed E-state index contributed by atoms with van der Waals surface area (Å²) < 4.78 is 10.7. The average Bonchev–Trinajstić information content (AvgIpc) is 3.14. The molecule has 8 heteroatoms. The van der Waals surface area contributed by atoms with E-state index in [1.807, 2.05) is 32.6 Å². The summed E-state index contributed by atoms with van der Waals surface area (Å²) in [4.78, 5) is 23.3. The van der Waals surface area contributed by atoms with Gasteiger partial charge in [0.25, 0.3) is 0 Å². The van der Waals surface area contributed by atoms with Gasteiger partial charge in [-0.3, -0.25) is 4.90 Å². The summed E-state index contributed by atoms with van der Waals surface area (Å²) in [6, 6.07) is 0. The van der Waals surface area contributed by atoms with Crippen molar-refractivity contribution in [3.8, 4) is 0 Å². The van der Waals surface area contributed by atoms with Crippen molar-refractivity contribution in [2.24, 2.45) is 5.41 Å².